The van der Waals surface area contributed by atoms with Crippen molar-refractivity contribution in [1.29, 1.82) is 0 Å². The van der Waals surface area contributed by atoms with Gasteiger partial charge in [0.15, 0.2) is 0 Å². The molecule has 1 N–H and O–H groups in total. The maximum absolute atomic E-state index is 12.8. The molecule has 0 aliphatic heterocycles. The summed E-state index contributed by atoms with van der Waals surface area (Å²) in [6.07, 6.45) is 0. The van der Waals surface area contributed by atoms with Gasteiger partial charge in [0.05, 0.1) is 22.2 Å². The third kappa shape index (κ3) is 3.36. The van der Waals surface area contributed by atoms with Gasteiger partial charge in [-0.1, -0.05) is 30.3 Å². The van der Waals surface area contributed by atoms with Gasteiger partial charge in [-0.05, 0) is 36.8 Å². The average Bonchev–Trinajstić information content (AvgIpc) is 2.85. The van der Waals surface area contributed by atoms with E-state index in [0.717, 1.165) is 6.07 Å². The van der Waals surface area contributed by atoms with Crippen molar-refractivity contribution in [2.45, 2.75) is 11.8 Å². The van der Waals surface area contributed by atoms with Crippen molar-refractivity contribution >= 4 is 21.7 Å². The second kappa shape index (κ2) is 6.76. The Kier molecular flexibility index (Phi) is 4.63. The van der Waals surface area contributed by atoms with E-state index < -0.39 is 21.6 Å². The molecule has 2 aromatic carbocycles. The van der Waals surface area contributed by atoms with Gasteiger partial charge >= 0.3 is 0 Å². The molecule has 1 aromatic heterocycles. The second-order valence-corrected chi connectivity index (χ2v) is 7.54. The maximum Gasteiger partial charge on any atom is 0.296 e. The van der Waals surface area contributed by atoms with Crippen molar-refractivity contribution in [1.82, 2.24) is 9.36 Å². The highest BCUT2D eigenvalue weighted by Gasteiger charge is 2.22. The van der Waals surface area contributed by atoms with E-state index in [2.05, 4.69) is 4.72 Å². The number of anilines is 1. The van der Waals surface area contributed by atoms with Gasteiger partial charge in [0.25, 0.3) is 15.6 Å². The molecule has 0 fully saturated rings. The second-order valence-electron chi connectivity index (χ2n) is 5.86. The van der Waals surface area contributed by atoms with Crippen LogP contribution in [0.25, 0.3) is 5.69 Å². The van der Waals surface area contributed by atoms with E-state index >= 15 is 0 Å². The summed E-state index contributed by atoms with van der Waals surface area (Å²) in [5.74, 6) is -1.49. The molecule has 0 atom stereocenters. The summed E-state index contributed by atoms with van der Waals surface area (Å²) in [5, 5.41) is 11.0. The number of para-hydroxylation sites is 1. The predicted molar refractivity (Wildman–Crippen MR) is 97.3 cm³/mol. The fourth-order valence-electron chi connectivity index (χ4n) is 2.67. The number of carbonyl (C=O) groups is 1. The van der Waals surface area contributed by atoms with Gasteiger partial charge < -0.3 is 9.90 Å². The zero-order valence-electron chi connectivity index (χ0n) is 14.5. The zero-order chi connectivity index (χ0) is 19.8. The lowest BCUT2D eigenvalue weighted by molar-refractivity contribution is -0.255. The van der Waals surface area contributed by atoms with Crippen LogP contribution >= 0.6 is 0 Å². The molecule has 1 heterocycles. The summed E-state index contributed by atoms with van der Waals surface area (Å²) < 4.78 is 30.5. The standard InChI is InChI=1S/C18H17N3O5S/c1-12-16(17(22)21(20(12)2)14-8-4-3-5-9-14)19-27(25,26)15-10-6-7-13(11-15)18(23)24/h3-11,19H,1-2H3,(H,23,24)/p-1. The molecular formula is C18H16N3O5S-. The van der Waals surface area contributed by atoms with Crippen LogP contribution in [0.2, 0.25) is 0 Å². The first-order valence-corrected chi connectivity index (χ1v) is 9.39. The van der Waals surface area contributed by atoms with E-state index in [0.29, 0.717) is 11.4 Å². The monoisotopic (exact) mass is 386 g/mol. The minimum absolute atomic E-state index is 0.111. The number of sulfonamides is 1. The van der Waals surface area contributed by atoms with Crippen LogP contribution < -0.4 is 15.4 Å². The number of aromatic carboxylic acids is 1. The van der Waals surface area contributed by atoms with Crippen LogP contribution in [0.5, 0.6) is 0 Å². The maximum atomic E-state index is 12.8. The number of nitrogens with zero attached hydrogens (tertiary/aromatic N) is 2. The summed E-state index contributed by atoms with van der Waals surface area (Å²) in [7, 11) is -2.53. The number of hydrogen-bond donors (Lipinski definition) is 1. The summed E-state index contributed by atoms with van der Waals surface area (Å²) in [6, 6.07) is 13.5. The van der Waals surface area contributed by atoms with Crippen LogP contribution in [0.4, 0.5) is 5.69 Å². The number of nitrogens with one attached hydrogen (secondary N) is 1. The molecule has 0 radical (unpaired) electrons. The molecule has 0 aliphatic rings. The minimum atomic E-state index is -4.17. The number of rotatable bonds is 5. The highest BCUT2D eigenvalue weighted by molar-refractivity contribution is 7.92. The van der Waals surface area contributed by atoms with Crippen LogP contribution in [-0.2, 0) is 17.1 Å². The Morgan fingerprint density at radius 1 is 1.07 bits per heavy atom. The lowest BCUT2D eigenvalue weighted by Crippen LogP contribution is -2.24. The van der Waals surface area contributed by atoms with Gasteiger partial charge in [-0.2, -0.15) is 0 Å². The topological polar surface area (TPSA) is 113 Å². The molecule has 27 heavy (non-hydrogen) atoms. The molecule has 9 heteroatoms. The lowest BCUT2D eigenvalue weighted by Gasteiger charge is -2.09. The molecule has 0 amide bonds. The summed E-state index contributed by atoms with van der Waals surface area (Å²) in [6.45, 7) is 1.61. The number of carbonyl (C=O) groups excluding carboxylic acids is 1. The fraction of sp³-hybridized carbons (Fsp3) is 0.111. The van der Waals surface area contributed by atoms with Crippen LogP contribution in [-0.4, -0.2) is 23.8 Å². The van der Waals surface area contributed by atoms with E-state index in [1.807, 2.05) is 0 Å². The van der Waals surface area contributed by atoms with Gasteiger partial charge in [0, 0.05) is 7.05 Å². The summed E-state index contributed by atoms with van der Waals surface area (Å²) in [4.78, 5) is 23.5. The number of carboxylic acids is 1. The Labute approximate surface area is 155 Å². The van der Waals surface area contributed by atoms with Gasteiger partial charge in [0.2, 0.25) is 0 Å². The molecule has 3 rings (SSSR count). The number of benzene rings is 2. The van der Waals surface area contributed by atoms with Crippen molar-refractivity contribution < 1.29 is 18.3 Å². The van der Waals surface area contributed by atoms with Crippen molar-refractivity contribution in [3.8, 4) is 5.69 Å². The van der Waals surface area contributed by atoms with E-state index in [-0.39, 0.29) is 16.1 Å². The Morgan fingerprint density at radius 2 is 1.74 bits per heavy atom. The smallest absolute Gasteiger partial charge is 0.296 e. The molecule has 0 saturated heterocycles. The normalized spacial score (nSPS) is 11.3. The molecule has 0 aliphatic carbocycles. The minimum Gasteiger partial charge on any atom is -0.545 e. The first-order chi connectivity index (χ1) is 12.7. The largest absolute Gasteiger partial charge is 0.545 e. The third-order valence-corrected chi connectivity index (χ3v) is 5.52. The lowest BCUT2D eigenvalue weighted by atomic mass is 10.2. The molecule has 0 bridgehead atoms. The van der Waals surface area contributed by atoms with E-state index in [1.165, 1.54) is 27.6 Å². The van der Waals surface area contributed by atoms with Crippen molar-refractivity contribution in [2.24, 2.45) is 7.05 Å². The first kappa shape index (κ1) is 18.5. The molecule has 0 saturated carbocycles. The molecule has 140 valence electrons. The number of carboxylic acid groups (broad SMARTS) is 1. The van der Waals surface area contributed by atoms with Gasteiger partial charge in [-0.15, -0.1) is 0 Å². The highest BCUT2D eigenvalue weighted by Crippen LogP contribution is 2.19. The van der Waals surface area contributed by atoms with Gasteiger partial charge in [-0.3, -0.25) is 14.2 Å². The van der Waals surface area contributed by atoms with Crippen LogP contribution in [0.15, 0.2) is 64.3 Å². The molecule has 8 nitrogen and oxygen atoms in total. The van der Waals surface area contributed by atoms with Crippen molar-refractivity contribution in [3.63, 3.8) is 0 Å². The number of hydrogen-bond acceptors (Lipinski definition) is 5. The van der Waals surface area contributed by atoms with Crippen LogP contribution in [0.3, 0.4) is 0 Å². The Balaban J connectivity index is 2.07. The number of aromatic nitrogens is 2. The highest BCUT2D eigenvalue weighted by atomic mass is 32.2. The Morgan fingerprint density at radius 3 is 2.37 bits per heavy atom. The van der Waals surface area contributed by atoms with E-state index in [1.54, 1.807) is 44.3 Å². The molecule has 0 unspecified atom stereocenters. The summed E-state index contributed by atoms with van der Waals surface area (Å²) >= 11 is 0. The third-order valence-electron chi connectivity index (χ3n) is 4.17. The fourth-order valence-corrected chi connectivity index (χ4v) is 3.83. The van der Waals surface area contributed by atoms with Crippen LogP contribution in [0, 0.1) is 6.92 Å². The zero-order valence-corrected chi connectivity index (χ0v) is 15.4. The van der Waals surface area contributed by atoms with Gasteiger partial charge in [0.1, 0.15) is 5.69 Å². The average molecular weight is 386 g/mol. The molecular weight excluding hydrogens is 370 g/mol. The Bertz CT molecular complexity index is 1180. The van der Waals surface area contributed by atoms with E-state index in [9.17, 15) is 23.1 Å². The van der Waals surface area contributed by atoms with Crippen molar-refractivity contribution in [2.75, 3.05) is 4.72 Å². The van der Waals surface area contributed by atoms with Gasteiger partial charge in [-0.25, -0.2) is 13.1 Å². The van der Waals surface area contributed by atoms with Crippen molar-refractivity contribution in [3.05, 3.63) is 76.2 Å². The molecule has 3 aromatic rings. The quantitative estimate of drug-likeness (QED) is 0.692. The SMILES string of the molecule is Cc1c(NS(=O)(=O)c2cccc(C(=O)[O-])c2)c(=O)n(-c2ccccc2)n1C. The van der Waals surface area contributed by atoms with Crippen LogP contribution in [0.1, 0.15) is 16.1 Å². The first-order valence-electron chi connectivity index (χ1n) is 7.90. The van der Waals surface area contributed by atoms with E-state index in [4.69, 9.17) is 0 Å². The Hall–Kier alpha value is -3.33. The predicted octanol–water partition coefficient (Wildman–Crippen LogP) is 0.649. The molecule has 0 spiro atoms. The summed E-state index contributed by atoms with van der Waals surface area (Å²) in [5.41, 5.74) is 0.0615.